The number of carbonyl (C=O) groups excluding carboxylic acids is 2. The fourth-order valence-corrected chi connectivity index (χ4v) is 0.993. The lowest BCUT2D eigenvalue weighted by atomic mass is 9.91. The molecular weight excluding hydrogens is 152 g/mol. The minimum atomic E-state index is 0.0771. The highest BCUT2D eigenvalue weighted by molar-refractivity contribution is 5.55. The summed E-state index contributed by atoms with van der Waals surface area (Å²) in [6.45, 7) is 5.77. The Morgan fingerprint density at radius 1 is 1.50 bits per heavy atom. The van der Waals surface area contributed by atoms with E-state index in [-0.39, 0.29) is 5.92 Å². The van der Waals surface area contributed by atoms with Gasteiger partial charge in [-0.1, -0.05) is 13.8 Å². The lowest BCUT2D eigenvalue weighted by Crippen LogP contribution is -2.09. The van der Waals surface area contributed by atoms with Gasteiger partial charge in [0.05, 0.1) is 0 Å². The van der Waals surface area contributed by atoms with E-state index in [4.69, 9.17) is 0 Å². The van der Waals surface area contributed by atoms with Crippen LogP contribution < -0.4 is 0 Å². The van der Waals surface area contributed by atoms with Crippen LogP contribution in [-0.4, -0.2) is 12.2 Å². The molecule has 0 amide bonds. The first kappa shape index (κ1) is 11.1. The van der Waals surface area contributed by atoms with Gasteiger partial charge in [0.15, 0.2) is 0 Å². The van der Waals surface area contributed by atoms with Gasteiger partial charge in [0.2, 0.25) is 0 Å². The van der Waals surface area contributed by atoms with E-state index < -0.39 is 0 Å². The Morgan fingerprint density at radius 3 is 2.42 bits per heavy atom. The zero-order valence-electron chi connectivity index (χ0n) is 7.96. The van der Waals surface area contributed by atoms with Gasteiger partial charge in [-0.25, -0.2) is 4.79 Å². The normalized spacial score (nSPS) is 12.3. The molecule has 0 unspecified atom stereocenters. The summed E-state index contributed by atoms with van der Waals surface area (Å²) in [7, 11) is 0. The zero-order chi connectivity index (χ0) is 9.56. The van der Waals surface area contributed by atoms with Crippen molar-refractivity contribution in [3.63, 3.8) is 0 Å². The largest absolute Gasteiger partial charge is 0.303 e. The summed E-state index contributed by atoms with van der Waals surface area (Å²) in [5.41, 5.74) is 0.697. The predicted octanol–water partition coefficient (Wildman–Crippen LogP) is 2.02. The first-order valence-electron chi connectivity index (χ1n) is 4.27. The summed E-state index contributed by atoms with van der Waals surface area (Å²) in [6.07, 6.45) is 2.43. The van der Waals surface area contributed by atoms with Gasteiger partial charge in [-0.05, 0) is 25.7 Å². The SMILES string of the molecule is CC(=C=O)CC[C@H](C=O)C(C)C. The van der Waals surface area contributed by atoms with Crippen molar-refractivity contribution in [2.24, 2.45) is 11.8 Å². The number of aldehydes is 1. The molecule has 0 aromatic heterocycles. The lowest BCUT2D eigenvalue weighted by molar-refractivity contribution is -0.112. The van der Waals surface area contributed by atoms with Crippen LogP contribution in [0.1, 0.15) is 33.6 Å². The monoisotopic (exact) mass is 168 g/mol. The Morgan fingerprint density at radius 2 is 2.08 bits per heavy atom. The Kier molecular flexibility index (Phi) is 5.31. The number of hydrogen-bond donors (Lipinski definition) is 0. The summed E-state index contributed by atoms with van der Waals surface area (Å²) in [5.74, 6) is 2.27. The molecule has 0 heterocycles. The predicted molar refractivity (Wildman–Crippen MR) is 48.5 cm³/mol. The molecule has 2 heteroatoms. The van der Waals surface area contributed by atoms with Crippen molar-refractivity contribution in [2.45, 2.75) is 33.6 Å². The van der Waals surface area contributed by atoms with Crippen LogP contribution in [0.3, 0.4) is 0 Å². The molecule has 0 aliphatic carbocycles. The molecule has 0 rings (SSSR count). The Balaban J connectivity index is 3.89. The first-order valence-corrected chi connectivity index (χ1v) is 4.27. The molecule has 0 N–H and O–H groups in total. The second-order valence-electron chi connectivity index (χ2n) is 3.47. The standard InChI is InChI=1S/C10H16O2/c1-8(2)10(7-12)5-4-9(3)6-11/h7-8,10H,4-5H2,1-3H3/t10-/m1/s1. The quantitative estimate of drug-likeness (QED) is 0.465. The van der Waals surface area contributed by atoms with E-state index in [2.05, 4.69) is 0 Å². The molecule has 2 nitrogen and oxygen atoms in total. The second kappa shape index (κ2) is 5.73. The maximum absolute atomic E-state index is 10.5. The Hall–Kier alpha value is -0.880. The zero-order valence-corrected chi connectivity index (χ0v) is 7.96. The molecule has 0 saturated carbocycles. The van der Waals surface area contributed by atoms with Gasteiger partial charge in [0, 0.05) is 11.5 Å². The van der Waals surface area contributed by atoms with Crippen LogP contribution in [0.4, 0.5) is 0 Å². The molecule has 0 aromatic carbocycles. The Labute approximate surface area is 73.7 Å². The van der Waals surface area contributed by atoms with Gasteiger partial charge in [0.25, 0.3) is 0 Å². The van der Waals surface area contributed by atoms with Crippen LogP contribution in [0.2, 0.25) is 0 Å². The van der Waals surface area contributed by atoms with Crippen molar-refractivity contribution in [1.29, 1.82) is 0 Å². The summed E-state index contributed by atoms with van der Waals surface area (Å²) < 4.78 is 0. The number of hydrogen-bond acceptors (Lipinski definition) is 2. The minimum Gasteiger partial charge on any atom is -0.303 e. The number of rotatable bonds is 5. The average Bonchev–Trinajstić information content (AvgIpc) is 2.04. The van der Waals surface area contributed by atoms with E-state index in [0.29, 0.717) is 17.9 Å². The molecule has 0 aliphatic heterocycles. The van der Waals surface area contributed by atoms with Crippen LogP contribution in [0, 0.1) is 11.8 Å². The highest BCUT2D eigenvalue weighted by atomic mass is 16.1. The van der Waals surface area contributed by atoms with E-state index in [9.17, 15) is 9.59 Å². The van der Waals surface area contributed by atoms with Crippen molar-refractivity contribution in [2.75, 3.05) is 0 Å². The third kappa shape index (κ3) is 4.09. The van der Waals surface area contributed by atoms with Crippen LogP contribution in [-0.2, 0) is 9.59 Å². The molecular formula is C10H16O2. The number of carbonyl (C=O) groups is 1. The topological polar surface area (TPSA) is 34.1 Å². The fourth-order valence-electron chi connectivity index (χ4n) is 0.993. The van der Waals surface area contributed by atoms with E-state index in [0.717, 1.165) is 12.7 Å². The minimum absolute atomic E-state index is 0.0771. The Bertz CT molecular complexity index is 188. The van der Waals surface area contributed by atoms with E-state index in [1.165, 1.54) is 0 Å². The van der Waals surface area contributed by atoms with Crippen LogP contribution in [0.5, 0.6) is 0 Å². The van der Waals surface area contributed by atoms with E-state index in [1.54, 1.807) is 6.92 Å². The second-order valence-corrected chi connectivity index (χ2v) is 3.47. The highest BCUT2D eigenvalue weighted by Crippen LogP contribution is 2.16. The highest BCUT2D eigenvalue weighted by Gasteiger charge is 2.11. The maximum Gasteiger partial charge on any atom is 0.123 e. The third-order valence-electron chi connectivity index (χ3n) is 2.06. The maximum atomic E-state index is 10.5. The molecule has 1 atom stereocenters. The average molecular weight is 168 g/mol. The van der Waals surface area contributed by atoms with Crippen molar-refractivity contribution in [3.8, 4) is 0 Å². The molecule has 68 valence electrons. The smallest absolute Gasteiger partial charge is 0.123 e. The summed E-state index contributed by atoms with van der Waals surface area (Å²) in [5, 5.41) is 0. The van der Waals surface area contributed by atoms with E-state index in [1.807, 2.05) is 19.8 Å². The summed E-state index contributed by atoms with van der Waals surface area (Å²) in [6, 6.07) is 0. The van der Waals surface area contributed by atoms with Crippen LogP contribution >= 0.6 is 0 Å². The molecule has 0 spiro atoms. The summed E-state index contributed by atoms with van der Waals surface area (Å²) >= 11 is 0. The first-order chi connectivity index (χ1) is 5.61. The van der Waals surface area contributed by atoms with Gasteiger partial charge in [-0.15, -0.1) is 0 Å². The fraction of sp³-hybridized carbons (Fsp3) is 0.700. The van der Waals surface area contributed by atoms with Crippen molar-refractivity contribution >= 4 is 12.2 Å². The molecule has 0 fully saturated rings. The molecule has 0 saturated heterocycles. The van der Waals surface area contributed by atoms with Gasteiger partial charge >= 0.3 is 0 Å². The van der Waals surface area contributed by atoms with Gasteiger partial charge in [-0.3, -0.25) is 0 Å². The van der Waals surface area contributed by atoms with Gasteiger partial charge in [0.1, 0.15) is 12.2 Å². The van der Waals surface area contributed by atoms with Crippen LogP contribution in [0.15, 0.2) is 5.57 Å². The van der Waals surface area contributed by atoms with Gasteiger partial charge in [-0.2, -0.15) is 0 Å². The number of allylic oxidation sites excluding steroid dienone is 1. The summed E-state index contributed by atoms with van der Waals surface area (Å²) in [4.78, 5) is 20.7. The van der Waals surface area contributed by atoms with Crippen molar-refractivity contribution < 1.29 is 9.59 Å². The van der Waals surface area contributed by atoms with Crippen molar-refractivity contribution in [1.82, 2.24) is 0 Å². The molecule has 0 aliphatic rings. The lowest BCUT2D eigenvalue weighted by Gasteiger charge is -2.12. The van der Waals surface area contributed by atoms with E-state index >= 15 is 0 Å². The van der Waals surface area contributed by atoms with Crippen LogP contribution in [0.25, 0.3) is 0 Å². The molecule has 0 radical (unpaired) electrons. The molecule has 0 aromatic rings. The van der Waals surface area contributed by atoms with Crippen molar-refractivity contribution in [3.05, 3.63) is 5.57 Å². The molecule has 12 heavy (non-hydrogen) atoms. The van der Waals surface area contributed by atoms with Gasteiger partial charge < -0.3 is 4.79 Å². The molecule has 0 bridgehead atoms. The third-order valence-corrected chi connectivity index (χ3v) is 2.06.